The van der Waals surface area contributed by atoms with Gasteiger partial charge >= 0.3 is 0 Å². The molecule has 5 rings (SSSR count). The number of nitro benzene ring substituents is 1. The third kappa shape index (κ3) is 3.12. The lowest BCUT2D eigenvalue weighted by atomic mass is 9.90. The Balaban J connectivity index is 1.63. The van der Waals surface area contributed by atoms with E-state index >= 15 is 0 Å². The van der Waals surface area contributed by atoms with Crippen molar-refractivity contribution in [3.8, 4) is 0 Å². The van der Waals surface area contributed by atoms with Crippen LogP contribution >= 0.6 is 11.6 Å². The van der Waals surface area contributed by atoms with E-state index in [0.717, 1.165) is 4.90 Å². The Morgan fingerprint density at radius 3 is 2.12 bits per heavy atom. The molecular formula is C23H16ClN3O5. The number of amides is 2. The van der Waals surface area contributed by atoms with Gasteiger partial charge in [0.2, 0.25) is 5.91 Å². The minimum absolute atomic E-state index is 0.0137. The molecule has 0 N–H and O–H groups in total. The maximum Gasteiger partial charge on any atom is 0.288 e. The third-order valence-corrected chi connectivity index (χ3v) is 5.97. The molecule has 2 fully saturated rings. The Bertz CT molecular complexity index is 1220. The molecule has 0 unspecified atom stereocenters. The van der Waals surface area contributed by atoms with Crippen LogP contribution in [-0.2, 0) is 14.4 Å². The number of para-hydroxylation sites is 2. The Morgan fingerprint density at radius 2 is 1.50 bits per heavy atom. The van der Waals surface area contributed by atoms with Crippen LogP contribution in [0.25, 0.3) is 0 Å². The number of halogens is 1. The molecule has 9 heteroatoms. The summed E-state index contributed by atoms with van der Waals surface area (Å²) in [5.74, 6) is -1.78. The summed E-state index contributed by atoms with van der Waals surface area (Å²) in [5, 5.41) is 12.9. The number of nitro groups is 1. The number of carbonyl (C=O) groups excluding carboxylic acids is 2. The Labute approximate surface area is 187 Å². The Hall–Kier alpha value is -3.75. The molecular weight excluding hydrogens is 434 g/mol. The second-order valence-corrected chi connectivity index (χ2v) is 7.88. The molecule has 2 aliphatic heterocycles. The molecule has 3 atom stereocenters. The van der Waals surface area contributed by atoms with Gasteiger partial charge in [-0.3, -0.25) is 24.5 Å². The van der Waals surface area contributed by atoms with Gasteiger partial charge < -0.3 is 0 Å². The SMILES string of the molecule is O=C1[C@H]2[C@H](ON(c3ccccc3)[C@@H]2c2ccc(Cl)c([N+](=O)[O-])c2)C(=O)N1c1ccccc1. The van der Waals surface area contributed by atoms with Gasteiger partial charge in [-0.1, -0.05) is 54.1 Å². The second-order valence-electron chi connectivity index (χ2n) is 7.47. The van der Waals surface area contributed by atoms with Crippen LogP contribution in [0.2, 0.25) is 5.02 Å². The van der Waals surface area contributed by atoms with Crippen LogP contribution in [0.1, 0.15) is 11.6 Å². The van der Waals surface area contributed by atoms with Crippen molar-refractivity contribution in [2.24, 2.45) is 5.92 Å². The van der Waals surface area contributed by atoms with Crippen LogP contribution in [0.3, 0.4) is 0 Å². The van der Waals surface area contributed by atoms with E-state index in [1.165, 1.54) is 17.2 Å². The van der Waals surface area contributed by atoms with Gasteiger partial charge in [0.15, 0.2) is 6.10 Å². The Morgan fingerprint density at radius 1 is 0.875 bits per heavy atom. The molecule has 2 heterocycles. The van der Waals surface area contributed by atoms with Crippen molar-refractivity contribution in [1.82, 2.24) is 0 Å². The van der Waals surface area contributed by atoms with Crippen LogP contribution in [0.15, 0.2) is 78.9 Å². The van der Waals surface area contributed by atoms with Crippen molar-refractivity contribution in [3.63, 3.8) is 0 Å². The largest absolute Gasteiger partial charge is 0.288 e. The van der Waals surface area contributed by atoms with Gasteiger partial charge in [-0.2, -0.15) is 0 Å². The summed E-state index contributed by atoms with van der Waals surface area (Å²) >= 11 is 6.00. The van der Waals surface area contributed by atoms with Gasteiger partial charge in [-0.25, -0.2) is 9.96 Å². The van der Waals surface area contributed by atoms with Crippen molar-refractivity contribution in [2.45, 2.75) is 12.1 Å². The van der Waals surface area contributed by atoms with Crippen LogP contribution in [0.4, 0.5) is 17.1 Å². The quantitative estimate of drug-likeness (QED) is 0.335. The van der Waals surface area contributed by atoms with E-state index in [1.807, 2.05) is 6.07 Å². The van der Waals surface area contributed by atoms with Gasteiger partial charge in [-0.15, -0.1) is 0 Å². The average molecular weight is 450 g/mol. The number of hydrogen-bond acceptors (Lipinski definition) is 6. The summed E-state index contributed by atoms with van der Waals surface area (Å²) < 4.78 is 0. The Kier molecular flexibility index (Phi) is 4.88. The molecule has 3 aromatic rings. The predicted octanol–water partition coefficient (Wildman–Crippen LogP) is 4.30. The van der Waals surface area contributed by atoms with Gasteiger partial charge in [0.1, 0.15) is 10.9 Å². The highest BCUT2D eigenvalue weighted by atomic mass is 35.5. The van der Waals surface area contributed by atoms with E-state index < -0.39 is 34.8 Å². The summed E-state index contributed by atoms with van der Waals surface area (Å²) in [6, 6.07) is 21.2. The van der Waals surface area contributed by atoms with Crippen molar-refractivity contribution in [2.75, 3.05) is 9.96 Å². The normalized spacial score (nSPS) is 22.3. The van der Waals surface area contributed by atoms with E-state index in [9.17, 15) is 19.7 Å². The standard InChI is InChI=1S/C23H16ClN3O5/c24-17-12-11-14(13-18(17)27(30)31)20-19-21(32-26(20)16-9-5-2-6-10-16)23(29)25(22(19)28)15-7-3-1-4-8-15/h1-13,19-21H/t19-,20-,21+/m1/s1. The molecule has 3 aromatic carbocycles. The van der Waals surface area contributed by atoms with Crippen molar-refractivity contribution in [1.29, 1.82) is 0 Å². The van der Waals surface area contributed by atoms with Crippen molar-refractivity contribution < 1.29 is 19.3 Å². The number of rotatable bonds is 4. The van der Waals surface area contributed by atoms with E-state index in [1.54, 1.807) is 60.7 Å². The smallest absolute Gasteiger partial charge is 0.273 e. The third-order valence-electron chi connectivity index (χ3n) is 5.65. The van der Waals surface area contributed by atoms with E-state index in [2.05, 4.69) is 0 Å². The van der Waals surface area contributed by atoms with E-state index in [4.69, 9.17) is 16.4 Å². The van der Waals surface area contributed by atoms with Gasteiger partial charge in [0.25, 0.3) is 11.6 Å². The number of hydrogen-bond donors (Lipinski definition) is 0. The number of nitrogens with zero attached hydrogens (tertiary/aromatic N) is 3. The molecule has 2 saturated heterocycles. The fraction of sp³-hybridized carbons (Fsp3) is 0.130. The monoisotopic (exact) mass is 449 g/mol. The molecule has 0 aromatic heterocycles. The summed E-state index contributed by atoms with van der Waals surface area (Å²) in [7, 11) is 0. The summed E-state index contributed by atoms with van der Waals surface area (Å²) in [5.41, 5.74) is 1.25. The van der Waals surface area contributed by atoms with Gasteiger partial charge in [-0.05, 0) is 35.9 Å². The first kappa shape index (κ1) is 20.2. The lowest BCUT2D eigenvalue weighted by molar-refractivity contribution is -0.384. The number of anilines is 2. The second kappa shape index (κ2) is 7.74. The topological polar surface area (TPSA) is 93.0 Å². The molecule has 8 nitrogen and oxygen atoms in total. The van der Waals surface area contributed by atoms with E-state index in [0.29, 0.717) is 16.9 Å². The highest BCUT2D eigenvalue weighted by Gasteiger charge is 2.60. The first-order chi connectivity index (χ1) is 15.5. The molecule has 0 aliphatic carbocycles. The highest BCUT2D eigenvalue weighted by molar-refractivity contribution is 6.32. The minimum atomic E-state index is -1.05. The lowest BCUT2D eigenvalue weighted by Gasteiger charge is -2.28. The zero-order valence-electron chi connectivity index (χ0n) is 16.5. The average Bonchev–Trinajstić information content (AvgIpc) is 3.31. The zero-order chi connectivity index (χ0) is 22.4. The fourth-order valence-corrected chi connectivity index (χ4v) is 4.42. The molecule has 160 valence electrons. The molecule has 2 aliphatic rings. The van der Waals surface area contributed by atoms with Crippen LogP contribution in [0.5, 0.6) is 0 Å². The molecule has 0 saturated carbocycles. The highest BCUT2D eigenvalue weighted by Crippen LogP contribution is 2.48. The van der Waals surface area contributed by atoms with Crippen LogP contribution in [0, 0.1) is 16.0 Å². The number of fused-ring (bicyclic) bond motifs is 1. The molecule has 2 amide bonds. The summed E-state index contributed by atoms with van der Waals surface area (Å²) in [6.45, 7) is 0. The minimum Gasteiger partial charge on any atom is -0.273 e. The first-order valence-corrected chi connectivity index (χ1v) is 10.2. The molecule has 0 bridgehead atoms. The van der Waals surface area contributed by atoms with Gasteiger partial charge in [0.05, 0.1) is 22.3 Å². The summed E-state index contributed by atoms with van der Waals surface area (Å²) in [6.07, 6.45) is -1.05. The predicted molar refractivity (Wildman–Crippen MR) is 117 cm³/mol. The number of hydroxylamine groups is 1. The van der Waals surface area contributed by atoms with E-state index in [-0.39, 0.29) is 10.7 Å². The van der Waals surface area contributed by atoms with Crippen LogP contribution < -0.4 is 9.96 Å². The molecule has 0 radical (unpaired) electrons. The summed E-state index contributed by atoms with van der Waals surface area (Å²) in [4.78, 5) is 44.7. The van der Waals surface area contributed by atoms with Crippen LogP contribution in [-0.4, -0.2) is 22.8 Å². The zero-order valence-corrected chi connectivity index (χ0v) is 17.3. The van der Waals surface area contributed by atoms with Crippen molar-refractivity contribution in [3.05, 3.63) is 99.6 Å². The number of carbonyl (C=O) groups is 2. The maximum absolute atomic E-state index is 13.5. The van der Waals surface area contributed by atoms with Crippen molar-refractivity contribution >= 4 is 40.5 Å². The lowest BCUT2D eigenvalue weighted by Crippen LogP contribution is -2.37. The first-order valence-electron chi connectivity index (χ1n) is 9.85. The maximum atomic E-state index is 13.5. The fourth-order valence-electron chi connectivity index (χ4n) is 4.24. The molecule has 32 heavy (non-hydrogen) atoms. The van der Waals surface area contributed by atoms with Gasteiger partial charge in [0, 0.05) is 6.07 Å². The molecule has 0 spiro atoms. The number of imide groups is 1. The number of benzene rings is 3.